The van der Waals surface area contributed by atoms with E-state index < -0.39 is 12.0 Å². The molecule has 0 bridgehead atoms. The molecular weight excluding hydrogens is 194 g/mol. The molecule has 15 heavy (non-hydrogen) atoms. The number of aliphatic imine (C=N–C) groups is 1. The first-order valence-corrected chi connectivity index (χ1v) is 4.92. The third-order valence-corrected chi connectivity index (χ3v) is 2.43. The van der Waals surface area contributed by atoms with Gasteiger partial charge in [-0.15, -0.1) is 0 Å². The molecule has 82 valence electrons. The Morgan fingerprint density at radius 3 is 2.47 bits per heavy atom. The number of hydrogen-bond donors (Lipinski definition) is 0. The van der Waals surface area contributed by atoms with Crippen LogP contribution in [0.4, 0.5) is 0 Å². The van der Waals surface area contributed by atoms with Crippen molar-refractivity contribution in [3.63, 3.8) is 0 Å². The number of rotatable bonds is 3. The van der Waals surface area contributed by atoms with E-state index in [1.807, 2.05) is 0 Å². The van der Waals surface area contributed by atoms with E-state index in [-0.39, 0.29) is 5.78 Å². The fraction of sp³-hybridized carbons (Fsp3) is 0.545. The average molecular weight is 209 g/mol. The molecule has 1 heterocycles. The summed E-state index contributed by atoms with van der Waals surface area (Å²) in [5.41, 5.74) is 1.99. The van der Waals surface area contributed by atoms with Crippen LogP contribution in [0, 0.1) is 0 Å². The summed E-state index contributed by atoms with van der Waals surface area (Å²) in [5.74, 6) is -0.565. The Bertz CT molecular complexity index is 366. The van der Waals surface area contributed by atoms with E-state index in [9.17, 15) is 9.59 Å². The summed E-state index contributed by atoms with van der Waals surface area (Å²) in [6.07, 6.45) is 0. The van der Waals surface area contributed by atoms with Gasteiger partial charge in [-0.1, -0.05) is 0 Å². The minimum Gasteiger partial charge on any atom is -0.464 e. The Morgan fingerprint density at radius 1 is 1.40 bits per heavy atom. The SMILES string of the molecule is CCOC(=O)[C@H]1N=C(C)C(C)=C1C(C)=O. The van der Waals surface area contributed by atoms with Gasteiger partial charge in [0.2, 0.25) is 0 Å². The maximum atomic E-state index is 11.5. The normalized spacial score (nSPS) is 20.3. The molecule has 1 rings (SSSR count). The zero-order valence-corrected chi connectivity index (χ0v) is 9.46. The highest BCUT2D eigenvalue weighted by molar-refractivity contribution is 6.14. The van der Waals surface area contributed by atoms with E-state index in [1.165, 1.54) is 6.92 Å². The van der Waals surface area contributed by atoms with Crippen molar-refractivity contribution in [2.24, 2.45) is 4.99 Å². The quantitative estimate of drug-likeness (QED) is 0.658. The first-order valence-electron chi connectivity index (χ1n) is 4.92. The largest absolute Gasteiger partial charge is 0.464 e. The molecule has 0 saturated heterocycles. The molecule has 4 nitrogen and oxygen atoms in total. The van der Waals surface area contributed by atoms with Crippen LogP contribution in [0.15, 0.2) is 16.1 Å². The summed E-state index contributed by atoms with van der Waals surface area (Å²) in [7, 11) is 0. The lowest BCUT2D eigenvalue weighted by atomic mass is 10.00. The molecule has 1 atom stereocenters. The van der Waals surface area contributed by atoms with Crippen LogP contribution >= 0.6 is 0 Å². The standard InChI is InChI=1S/C11H15NO3/c1-5-15-11(14)10-9(8(4)13)6(2)7(3)12-10/h10H,5H2,1-4H3/t10-/m0/s1. The second kappa shape index (κ2) is 4.38. The Morgan fingerprint density at radius 2 is 2.00 bits per heavy atom. The summed E-state index contributed by atoms with van der Waals surface area (Å²) in [6.45, 7) is 7.06. The Hall–Kier alpha value is -1.45. The third-order valence-electron chi connectivity index (χ3n) is 2.43. The van der Waals surface area contributed by atoms with E-state index in [0.717, 1.165) is 11.3 Å². The van der Waals surface area contributed by atoms with Gasteiger partial charge in [-0.05, 0) is 33.3 Å². The zero-order valence-electron chi connectivity index (χ0n) is 9.46. The van der Waals surface area contributed by atoms with Gasteiger partial charge in [0.1, 0.15) is 0 Å². The fourth-order valence-corrected chi connectivity index (χ4v) is 1.60. The van der Waals surface area contributed by atoms with Crippen molar-refractivity contribution in [2.75, 3.05) is 6.61 Å². The number of ketones is 1. The van der Waals surface area contributed by atoms with E-state index in [4.69, 9.17) is 4.74 Å². The first-order chi connectivity index (χ1) is 6.99. The van der Waals surface area contributed by atoms with Crippen LogP contribution in [0.3, 0.4) is 0 Å². The average Bonchev–Trinajstić information content (AvgIpc) is 2.44. The van der Waals surface area contributed by atoms with Crippen molar-refractivity contribution >= 4 is 17.5 Å². The number of Topliss-reactive ketones (excluding diaryl/α,β-unsaturated/α-hetero) is 1. The van der Waals surface area contributed by atoms with Gasteiger partial charge in [0.15, 0.2) is 11.8 Å². The van der Waals surface area contributed by atoms with Gasteiger partial charge in [0.05, 0.1) is 6.61 Å². The summed E-state index contributed by atoms with van der Waals surface area (Å²) >= 11 is 0. The van der Waals surface area contributed by atoms with Gasteiger partial charge in [0.25, 0.3) is 0 Å². The molecule has 0 saturated carbocycles. The Balaban J connectivity index is 3.01. The highest BCUT2D eigenvalue weighted by atomic mass is 16.5. The number of esters is 1. The molecule has 0 amide bonds. The number of hydrogen-bond acceptors (Lipinski definition) is 4. The van der Waals surface area contributed by atoms with Gasteiger partial charge < -0.3 is 4.74 Å². The van der Waals surface area contributed by atoms with Crippen LogP contribution in [0.2, 0.25) is 0 Å². The molecular formula is C11H15NO3. The van der Waals surface area contributed by atoms with Crippen molar-refractivity contribution in [2.45, 2.75) is 33.7 Å². The van der Waals surface area contributed by atoms with Crippen molar-refractivity contribution < 1.29 is 14.3 Å². The second-order valence-electron chi connectivity index (χ2n) is 3.46. The lowest BCUT2D eigenvalue weighted by Gasteiger charge is -2.09. The second-order valence-corrected chi connectivity index (χ2v) is 3.46. The Labute approximate surface area is 89.0 Å². The molecule has 1 aliphatic rings. The van der Waals surface area contributed by atoms with Crippen molar-refractivity contribution in [1.82, 2.24) is 0 Å². The van der Waals surface area contributed by atoms with E-state index in [1.54, 1.807) is 20.8 Å². The van der Waals surface area contributed by atoms with Gasteiger partial charge >= 0.3 is 5.97 Å². The topological polar surface area (TPSA) is 55.7 Å². The molecule has 0 spiro atoms. The molecule has 0 fully saturated rings. The smallest absolute Gasteiger partial charge is 0.335 e. The van der Waals surface area contributed by atoms with E-state index in [2.05, 4.69) is 4.99 Å². The van der Waals surface area contributed by atoms with Crippen LogP contribution in [-0.4, -0.2) is 30.1 Å². The first kappa shape index (κ1) is 11.6. The monoisotopic (exact) mass is 209 g/mol. The molecule has 0 unspecified atom stereocenters. The maximum Gasteiger partial charge on any atom is 0.335 e. The lowest BCUT2D eigenvalue weighted by molar-refractivity contribution is -0.144. The van der Waals surface area contributed by atoms with Crippen LogP contribution in [0.25, 0.3) is 0 Å². The molecule has 0 aromatic heterocycles. The van der Waals surface area contributed by atoms with Crippen molar-refractivity contribution in [3.05, 3.63) is 11.1 Å². The summed E-state index contributed by atoms with van der Waals surface area (Å²) in [4.78, 5) is 27.1. The molecule has 0 aromatic carbocycles. The van der Waals surface area contributed by atoms with E-state index >= 15 is 0 Å². The molecule has 0 aromatic rings. The van der Waals surface area contributed by atoms with Crippen molar-refractivity contribution in [3.8, 4) is 0 Å². The summed E-state index contributed by atoms with van der Waals surface area (Å²) in [6, 6.07) is -0.748. The van der Waals surface area contributed by atoms with Crippen LogP contribution in [0.1, 0.15) is 27.7 Å². The van der Waals surface area contributed by atoms with Gasteiger partial charge in [-0.25, -0.2) is 4.79 Å². The minimum atomic E-state index is -0.748. The predicted octanol–water partition coefficient (Wildman–Crippen LogP) is 1.30. The number of nitrogens with zero attached hydrogens (tertiary/aromatic N) is 1. The highest BCUT2D eigenvalue weighted by Crippen LogP contribution is 2.23. The fourth-order valence-electron chi connectivity index (χ4n) is 1.60. The molecule has 4 heteroatoms. The van der Waals surface area contributed by atoms with Crippen LogP contribution in [-0.2, 0) is 14.3 Å². The molecule has 0 radical (unpaired) electrons. The molecule has 0 N–H and O–H groups in total. The van der Waals surface area contributed by atoms with Crippen LogP contribution in [0.5, 0.6) is 0 Å². The maximum absolute atomic E-state index is 11.5. The highest BCUT2D eigenvalue weighted by Gasteiger charge is 2.33. The van der Waals surface area contributed by atoms with Crippen molar-refractivity contribution in [1.29, 1.82) is 0 Å². The molecule has 1 aliphatic heterocycles. The Kier molecular flexibility index (Phi) is 3.39. The number of ether oxygens (including phenoxy) is 1. The number of carbonyl (C=O) groups excluding carboxylic acids is 2. The minimum absolute atomic E-state index is 0.119. The summed E-state index contributed by atoms with van der Waals surface area (Å²) in [5, 5.41) is 0. The lowest BCUT2D eigenvalue weighted by Crippen LogP contribution is -2.25. The zero-order chi connectivity index (χ0) is 11.6. The number of carbonyl (C=O) groups is 2. The van der Waals surface area contributed by atoms with Gasteiger partial charge in [-0.3, -0.25) is 9.79 Å². The predicted molar refractivity (Wildman–Crippen MR) is 56.9 cm³/mol. The third kappa shape index (κ3) is 2.14. The summed E-state index contributed by atoms with van der Waals surface area (Å²) < 4.78 is 4.87. The van der Waals surface area contributed by atoms with Crippen LogP contribution < -0.4 is 0 Å². The molecule has 0 aliphatic carbocycles. The van der Waals surface area contributed by atoms with Gasteiger partial charge in [0, 0.05) is 11.3 Å². The van der Waals surface area contributed by atoms with E-state index in [0.29, 0.717) is 12.2 Å². The number of allylic oxidation sites excluding steroid dienone is 1. The van der Waals surface area contributed by atoms with Gasteiger partial charge in [-0.2, -0.15) is 0 Å².